The molecule has 6 nitrogen and oxygen atoms in total. The summed E-state index contributed by atoms with van der Waals surface area (Å²) in [6, 6.07) is -0.892. The lowest BCUT2D eigenvalue weighted by Crippen LogP contribution is -2.47. The highest BCUT2D eigenvalue weighted by molar-refractivity contribution is 7.80. The fraction of sp³-hybridized carbons (Fsp3) is 0.846. The van der Waals surface area contributed by atoms with E-state index in [-0.39, 0.29) is 6.42 Å². The zero-order chi connectivity index (χ0) is 16.1. The van der Waals surface area contributed by atoms with Gasteiger partial charge in [0.15, 0.2) is 0 Å². The molecule has 7 heteroatoms. The first-order valence-corrected chi connectivity index (χ1v) is 6.98. The van der Waals surface area contributed by atoms with E-state index in [0.29, 0.717) is 0 Å². The van der Waals surface area contributed by atoms with Crippen LogP contribution >= 0.6 is 12.6 Å². The van der Waals surface area contributed by atoms with Gasteiger partial charge in [0.2, 0.25) is 0 Å². The highest BCUT2D eigenvalue weighted by atomic mass is 32.1. The van der Waals surface area contributed by atoms with Gasteiger partial charge >= 0.3 is 12.1 Å². The Kier molecular flexibility index (Phi) is 6.83. The maximum atomic E-state index is 12.0. The van der Waals surface area contributed by atoms with Crippen molar-refractivity contribution in [1.82, 2.24) is 5.32 Å². The molecule has 0 bridgehead atoms. The van der Waals surface area contributed by atoms with Crippen LogP contribution in [0.4, 0.5) is 4.79 Å². The maximum absolute atomic E-state index is 12.0. The SMILES string of the molecule is CC(C)(C)OC(=O)NC(CC(N)S)C(=O)OC(C)(C)C. The molecule has 2 atom stereocenters. The van der Waals surface area contributed by atoms with Gasteiger partial charge in [-0.1, -0.05) is 0 Å². The van der Waals surface area contributed by atoms with Gasteiger partial charge in [0, 0.05) is 6.42 Å². The highest BCUT2D eigenvalue weighted by Crippen LogP contribution is 2.12. The van der Waals surface area contributed by atoms with E-state index in [1.165, 1.54) is 0 Å². The Balaban J connectivity index is 4.73. The number of rotatable bonds is 4. The first-order valence-electron chi connectivity index (χ1n) is 6.46. The number of alkyl carbamates (subject to hydrolysis) is 1. The van der Waals surface area contributed by atoms with Crippen molar-refractivity contribution in [2.45, 2.75) is 70.6 Å². The Morgan fingerprint density at radius 3 is 1.90 bits per heavy atom. The summed E-state index contributed by atoms with van der Waals surface area (Å²) in [5, 5.41) is 1.91. The van der Waals surface area contributed by atoms with Gasteiger partial charge in [-0.25, -0.2) is 9.59 Å². The Morgan fingerprint density at radius 2 is 1.55 bits per heavy atom. The molecule has 0 fully saturated rings. The van der Waals surface area contributed by atoms with E-state index in [0.717, 1.165) is 0 Å². The molecule has 0 heterocycles. The molecular formula is C13H26N2O4S. The Labute approximate surface area is 126 Å². The van der Waals surface area contributed by atoms with Crippen molar-refractivity contribution in [2.24, 2.45) is 5.73 Å². The van der Waals surface area contributed by atoms with E-state index in [4.69, 9.17) is 15.2 Å². The number of esters is 1. The fourth-order valence-electron chi connectivity index (χ4n) is 1.28. The first kappa shape index (κ1) is 19.1. The minimum absolute atomic E-state index is 0.150. The summed E-state index contributed by atoms with van der Waals surface area (Å²) in [7, 11) is 0. The molecule has 0 aromatic carbocycles. The van der Waals surface area contributed by atoms with E-state index < -0.39 is 34.7 Å². The molecule has 0 radical (unpaired) electrons. The quantitative estimate of drug-likeness (QED) is 0.419. The van der Waals surface area contributed by atoms with E-state index in [1.807, 2.05) is 0 Å². The van der Waals surface area contributed by atoms with Gasteiger partial charge in [0.1, 0.15) is 17.2 Å². The lowest BCUT2D eigenvalue weighted by molar-refractivity contribution is -0.157. The van der Waals surface area contributed by atoms with Gasteiger partial charge in [-0.05, 0) is 41.5 Å². The van der Waals surface area contributed by atoms with E-state index in [9.17, 15) is 9.59 Å². The van der Waals surface area contributed by atoms with Crippen molar-refractivity contribution in [3.8, 4) is 0 Å². The standard InChI is InChI=1S/C13H26N2O4S/c1-12(2,3)18-10(16)8(7-9(14)20)15-11(17)19-13(4,5)6/h8-9,20H,7,14H2,1-6H3,(H,15,17). The zero-order valence-electron chi connectivity index (χ0n) is 13.0. The lowest BCUT2D eigenvalue weighted by Gasteiger charge is -2.26. The predicted molar refractivity (Wildman–Crippen MR) is 80.6 cm³/mol. The van der Waals surface area contributed by atoms with Crippen LogP contribution in [0.2, 0.25) is 0 Å². The van der Waals surface area contributed by atoms with Gasteiger partial charge in [-0.15, -0.1) is 0 Å². The summed E-state index contributed by atoms with van der Waals surface area (Å²) >= 11 is 4.03. The molecule has 0 saturated carbocycles. The molecule has 0 aliphatic heterocycles. The van der Waals surface area contributed by atoms with Gasteiger partial charge in [-0.3, -0.25) is 0 Å². The minimum Gasteiger partial charge on any atom is -0.458 e. The van der Waals surface area contributed by atoms with Gasteiger partial charge in [-0.2, -0.15) is 12.6 Å². The third kappa shape index (κ3) is 9.91. The molecule has 1 amide bonds. The summed E-state index contributed by atoms with van der Waals surface area (Å²) in [6.07, 6.45) is -0.542. The Morgan fingerprint density at radius 1 is 1.10 bits per heavy atom. The van der Waals surface area contributed by atoms with Crippen LogP contribution in [0.1, 0.15) is 48.0 Å². The van der Waals surface area contributed by atoms with E-state index in [2.05, 4.69) is 17.9 Å². The van der Waals surface area contributed by atoms with Crippen LogP contribution in [0, 0.1) is 0 Å². The van der Waals surface area contributed by atoms with E-state index >= 15 is 0 Å². The molecule has 0 aromatic heterocycles. The number of nitrogens with one attached hydrogen (secondary N) is 1. The lowest BCUT2D eigenvalue weighted by atomic mass is 10.1. The Hall–Kier alpha value is -0.950. The van der Waals surface area contributed by atoms with Crippen LogP contribution in [0.3, 0.4) is 0 Å². The number of nitrogens with two attached hydrogens (primary N) is 1. The average Bonchev–Trinajstić information content (AvgIpc) is 2.09. The van der Waals surface area contributed by atoms with Crippen LogP contribution in [-0.2, 0) is 14.3 Å². The third-order valence-corrected chi connectivity index (χ3v) is 2.07. The summed E-state index contributed by atoms with van der Waals surface area (Å²) < 4.78 is 10.3. The van der Waals surface area contributed by atoms with Crippen molar-refractivity contribution in [3.63, 3.8) is 0 Å². The van der Waals surface area contributed by atoms with Crippen LogP contribution in [0.5, 0.6) is 0 Å². The van der Waals surface area contributed by atoms with Crippen molar-refractivity contribution >= 4 is 24.7 Å². The number of hydrogen-bond donors (Lipinski definition) is 3. The molecule has 20 heavy (non-hydrogen) atoms. The number of carbonyl (C=O) groups is 2. The molecule has 0 spiro atoms. The van der Waals surface area contributed by atoms with E-state index in [1.54, 1.807) is 41.5 Å². The second kappa shape index (κ2) is 7.17. The average molecular weight is 306 g/mol. The van der Waals surface area contributed by atoms with Gasteiger partial charge in [0.05, 0.1) is 5.37 Å². The number of amides is 1. The largest absolute Gasteiger partial charge is 0.458 e. The molecular weight excluding hydrogens is 280 g/mol. The van der Waals surface area contributed by atoms with Crippen molar-refractivity contribution in [3.05, 3.63) is 0 Å². The van der Waals surface area contributed by atoms with Gasteiger partial charge < -0.3 is 20.5 Å². The monoisotopic (exact) mass is 306 g/mol. The molecule has 0 aliphatic carbocycles. The number of hydrogen-bond acceptors (Lipinski definition) is 6. The topological polar surface area (TPSA) is 90.6 Å². The summed E-state index contributed by atoms with van der Waals surface area (Å²) in [6.45, 7) is 10.4. The normalized spacial score (nSPS) is 15.2. The predicted octanol–water partition coefficient (Wildman–Crippen LogP) is 1.83. The summed E-state index contributed by atoms with van der Waals surface area (Å²) in [5.74, 6) is -0.562. The van der Waals surface area contributed by atoms with Crippen molar-refractivity contribution in [1.29, 1.82) is 0 Å². The number of ether oxygens (including phenoxy) is 2. The molecule has 118 valence electrons. The molecule has 0 aromatic rings. The third-order valence-electron chi connectivity index (χ3n) is 1.86. The first-order chi connectivity index (χ1) is 8.80. The highest BCUT2D eigenvalue weighted by Gasteiger charge is 2.29. The maximum Gasteiger partial charge on any atom is 0.408 e. The Bertz CT molecular complexity index is 345. The summed E-state index contributed by atoms with van der Waals surface area (Å²) in [4.78, 5) is 23.7. The van der Waals surface area contributed by atoms with Crippen LogP contribution in [-0.4, -0.2) is 34.7 Å². The molecule has 0 rings (SSSR count). The molecule has 0 aliphatic rings. The smallest absolute Gasteiger partial charge is 0.408 e. The second-order valence-corrected chi connectivity index (χ2v) is 7.20. The molecule has 0 saturated heterocycles. The molecule has 3 N–H and O–H groups in total. The van der Waals surface area contributed by atoms with Gasteiger partial charge in [0.25, 0.3) is 0 Å². The number of carbonyl (C=O) groups excluding carboxylic acids is 2. The zero-order valence-corrected chi connectivity index (χ0v) is 13.9. The number of thiol groups is 1. The van der Waals surface area contributed by atoms with Crippen molar-refractivity contribution < 1.29 is 19.1 Å². The van der Waals surface area contributed by atoms with Crippen molar-refractivity contribution in [2.75, 3.05) is 0 Å². The fourth-order valence-corrected chi connectivity index (χ4v) is 1.49. The molecule has 2 unspecified atom stereocenters. The summed E-state index contributed by atoms with van der Waals surface area (Å²) in [5.41, 5.74) is 4.27. The van der Waals surface area contributed by atoms with Crippen LogP contribution in [0.15, 0.2) is 0 Å². The van der Waals surface area contributed by atoms with Crippen LogP contribution in [0.25, 0.3) is 0 Å². The minimum atomic E-state index is -0.892. The van der Waals surface area contributed by atoms with Crippen LogP contribution < -0.4 is 11.1 Å². The second-order valence-electron chi connectivity index (χ2n) is 6.54.